The van der Waals surface area contributed by atoms with E-state index in [9.17, 15) is 10.1 Å². The van der Waals surface area contributed by atoms with Crippen LogP contribution >= 0.6 is 0 Å². The van der Waals surface area contributed by atoms with Crippen LogP contribution in [0.25, 0.3) is 0 Å². The Morgan fingerprint density at radius 1 is 1.53 bits per heavy atom. The lowest BCUT2D eigenvalue weighted by molar-refractivity contribution is -0.385. The lowest BCUT2D eigenvalue weighted by atomic mass is 9.87. The third kappa shape index (κ3) is 3.19. The van der Waals surface area contributed by atoms with Crippen LogP contribution in [0.15, 0.2) is 12.1 Å². The quantitative estimate of drug-likeness (QED) is 0.666. The zero-order chi connectivity index (χ0) is 13.8. The van der Waals surface area contributed by atoms with Crippen LogP contribution in [0.4, 0.5) is 11.5 Å². The highest BCUT2D eigenvalue weighted by Crippen LogP contribution is 2.26. The first-order chi connectivity index (χ1) is 9.10. The molecule has 2 unspecified atom stereocenters. The summed E-state index contributed by atoms with van der Waals surface area (Å²) in [6.07, 6.45) is 4.57. The Morgan fingerprint density at radius 2 is 2.32 bits per heavy atom. The summed E-state index contributed by atoms with van der Waals surface area (Å²) in [5.74, 6) is 1.22. The van der Waals surface area contributed by atoms with Crippen molar-refractivity contribution in [2.45, 2.75) is 38.6 Å². The Bertz CT molecular complexity index is 524. The molecule has 1 heterocycles. The van der Waals surface area contributed by atoms with Gasteiger partial charge in [0.2, 0.25) is 5.69 Å². The van der Waals surface area contributed by atoms with Gasteiger partial charge in [-0.15, -0.1) is 0 Å². The summed E-state index contributed by atoms with van der Waals surface area (Å²) < 4.78 is 0. The molecule has 2 atom stereocenters. The Hall–Kier alpha value is -2.16. The van der Waals surface area contributed by atoms with Gasteiger partial charge in [0.25, 0.3) is 0 Å². The van der Waals surface area contributed by atoms with Gasteiger partial charge in [-0.05, 0) is 24.8 Å². The van der Waals surface area contributed by atoms with Crippen molar-refractivity contribution in [3.8, 4) is 6.07 Å². The maximum Gasteiger partial charge on any atom is 0.305 e. The van der Waals surface area contributed by atoms with E-state index in [1.54, 1.807) is 12.1 Å². The maximum absolute atomic E-state index is 10.7. The van der Waals surface area contributed by atoms with E-state index in [0.29, 0.717) is 17.8 Å². The summed E-state index contributed by atoms with van der Waals surface area (Å²) >= 11 is 0. The summed E-state index contributed by atoms with van der Waals surface area (Å²) in [6.45, 7) is 2.22. The second-order valence-electron chi connectivity index (χ2n) is 5.05. The molecule has 1 aromatic rings. The predicted molar refractivity (Wildman–Crippen MR) is 70.6 cm³/mol. The van der Waals surface area contributed by atoms with Crippen molar-refractivity contribution in [3.63, 3.8) is 0 Å². The van der Waals surface area contributed by atoms with E-state index < -0.39 is 4.92 Å². The average molecular weight is 260 g/mol. The number of pyridine rings is 1. The van der Waals surface area contributed by atoms with E-state index in [0.717, 1.165) is 12.8 Å². The van der Waals surface area contributed by atoms with Crippen molar-refractivity contribution < 1.29 is 4.92 Å². The molecule has 0 aliphatic heterocycles. The predicted octanol–water partition coefficient (Wildman–Crippen LogP) is 2.85. The Balaban J connectivity index is 2.13. The highest BCUT2D eigenvalue weighted by Gasteiger charge is 2.20. The third-order valence-corrected chi connectivity index (χ3v) is 3.46. The van der Waals surface area contributed by atoms with Crippen LogP contribution in [0.3, 0.4) is 0 Å². The van der Waals surface area contributed by atoms with Gasteiger partial charge in [0.05, 0.1) is 4.92 Å². The smallest absolute Gasteiger partial charge is 0.305 e. The summed E-state index contributed by atoms with van der Waals surface area (Å²) in [6, 6.07) is 5.01. The number of aromatic nitrogens is 1. The molecular formula is C13H16N4O2. The van der Waals surface area contributed by atoms with Gasteiger partial charge in [0.15, 0.2) is 0 Å². The number of nitrogens with one attached hydrogen (secondary N) is 1. The molecule has 1 aliphatic rings. The highest BCUT2D eigenvalue weighted by atomic mass is 16.6. The summed E-state index contributed by atoms with van der Waals surface area (Å²) in [4.78, 5) is 14.2. The minimum Gasteiger partial charge on any atom is -0.367 e. The lowest BCUT2D eigenvalue weighted by Gasteiger charge is -2.27. The summed E-state index contributed by atoms with van der Waals surface area (Å²) in [5, 5.41) is 22.9. The van der Waals surface area contributed by atoms with Gasteiger partial charge in [0.1, 0.15) is 11.9 Å². The molecule has 1 saturated carbocycles. The second kappa shape index (κ2) is 5.65. The fourth-order valence-corrected chi connectivity index (χ4v) is 2.54. The van der Waals surface area contributed by atoms with E-state index in [1.807, 2.05) is 0 Å². The monoisotopic (exact) mass is 260 g/mol. The van der Waals surface area contributed by atoms with Crippen LogP contribution in [-0.4, -0.2) is 15.9 Å². The number of rotatable bonds is 3. The van der Waals surface area contributed by atoms with Crippen LogP contribution in [0.2, 0.25) is 0 Å². The molecule has 2 rings (SSSR count). The van der Waals surface area contributed by atoms with Crippen LogP contribution in [-0.2, 0) is 0 Å². The first-order valence-electron chi connectivity index (χ1n) is 6.42. The van der Waals surface area contributed by atoms with Crippen LogP contribution in [0.5, 0.6) is 0 Å². The number of nitriles is 1. The molecule has 1 aromatic heterocycles. The fraction of sp³-hybridized carbons (Fsp3) is 0.538. The zero-order valence-corrected chi connectivity index (χ0v) is 10.8. The summed E-state index contributed by atoms with van der Waals surface area (Å²) in [7, 11) is 0. The van der Waals surface area contributed by atoms with Crippen molar-refractivity contribution >= 4 is 11.5 Å². The number of anilines is 1. The molecular weight excluding hydrogens is 244 g/mol. The molecule has 1 N–H and O–H groups in total. The van der Waals surface area contributed by atoms with Gasteiger partial charge >= 0.3 is 5.69 Å². The minimum absolute atomic E-state index is 0.140. The number of nitrogens with zero attached hydrogens (tertiary/aromatic N) is 3. The normalized spacial score (nSPS) is 22.5. The standard InChI is InChI=1S/C13H16N4O2/c1-9-3-2-4-10(7-9)15-13-6-5-12(17(18)19)11(8-14)16-13/h5-6,9-10H,2-4,7H2,1H3,(H,15,16). The van der Waals surface area contributed by atoms with Crippen LogP contribution < -0.4 is 5.32 Å². The second-order valence-corrected chi connectivity index (χ2v) is 5.05. The molecule has 100 valence electrons. The molecule has 1 aliphatic carbocycles. The van der Waals surface area contributed by atoms with Crippen molar-refractivity contribution in [2.24, 2.45) is 5.92 Å². The largest absolute Gasteiger partial charge is 0.367 e. The Labute approximate surface area is 111 Å². The van der Waals surface area contributed by atoms with Gasteiger partial charge in [-0.3, -0.25) is 10.1 Å². The maximum atomic E-state index is 10.7. The highest BCUT2D eigenvalue weighted by molar-refractivity contribution is 5.50. The molecule has 0 saturated heterocycles. The molecule has 19 heavy (non-hydrogen) atoms. The number of hydrogen-bond acceptors (Lipinski definition) is 5. The average Bonchev–Trinajstić information content (AvgIpc) is 2.38. The van der Waals surface area contributed by atoms with E-state index in [4.69, 9.17) is 5.26 Å². The van der Waals surface area contributed by atoms with Gasteiger partial charge in [-0.1, -0.05) is 19.8 Å². The van der Waals surface area contributed by atoms with Crippen LogP contribution in [0, 0.1) is 27.4 Å². The van der Waals surface area contributed by atoms with E-state index in [1.165, 1.54) is 18.9 Å². The van der Waals surface area contributed by atoms with Crippen molar-refractivity contribution in [2.75, 3.05) is 5.32 Å². The number of nitro groups is 1. The summed E-state index contributed by atoms with van der Waals surface area (Å²) in [5.41, 5.74) is -0.385. The topological polar surface area (TPSA) is 91.9 Å². The molecule has 0 spiro atoms. The van der Waals surface area contributed by atoms with Crippen molar-refractivity contribution in [3.05, 3.63) is 27.9 Å². The molecule has 0 amide bonds. The van der Waals surface area contributed by atoms with Gasteiger partial charge in [0, 0.05) is 12.1 Å². The molecule has 0 bridgehead atoms. The van der Waals surface area contributed by atoms with Gasteiger partial charge in [-0.25, -0.2) is 4.98 Å². The van der Waals surface area contributed by atoms with Crippen LogP contribution in [0.1, 0.15) is 38.3 Å². The fourth-order valence-electron chi connectivity index (χ4n) is 2.54. The molecule has 1 fully saturated rings. The van der Waals surface area contributed by atoms with Gasteiger partial charge < -0.3 is 5.32 Å². The Kier molecular flexibility index (Phi) is 3.95. The van der Waals surface area contributed by atoms with Gasteiger partial charge in [-0.2, -0.15) is 5.26 Å². The molecule has 0 aromatic carbocycles. The van der Waals surface area contributed by atoms with E-state index >= 15 is 0 Å². The zero-order valence-electron chi connectivity index (χ0n) is 10.8. The molecule has 0 radical (unpaired) electrons. The first-order valence-corrected chi connectivity index (χ1v) is 6.42. The SMILES string of the molecule is CC1CCCC(Nc2ccc([N+](=O)[O-])c(C#N)n2)C1. The van der Waals surface area contributed by atoms with Crippen molar-refractivity contribution in [1.29, 1.82) is 5.26 Å². The van der Waals surface area contributed by atoms with Crippen molar-refractivity contribution in [1.82, 2.24) is 4.98 Å². The minimum atomic E-state index is -0.585. The Morgan fingerprint density at radius 3 is 2.95 bits per heavy atom. The molecule has 6 nitrogen and oxygen atoms in total. The molecule has 6 heteroatoms. The van der Waals surface area contributed by atoms with E-state index in [2.05, 4.69) is 17.2 Å². The lowest BCUT2D eigenvalue weighted by Crippen LogP contribution is -2.26. The van der Waals surface area contributed by atoms with E-state index in [-0.39, 0.29) is 11.4 Å². The number of hydrogen-bond donors (Lipinski definition) is 1. The third-order valence-electron chi connectivity index (χ3n) is 3.46. The first kappa shape index (κ1) is 13.3.